The smallest absolute Gasteiger partial charge is 0.167 e. The molecule has 0 unspecified atom stereocenters. The summed E-state index contributed by atoms with van der Waals surface area (Å²) in [4.78, 5) is 4.29. The molecule has 2 heterocycles. The minimum Gasteiger partial charge on any atom is -0.453 e. The Labute approximate surface area is 123 Å². The van der Waals surface area contributed by atoms with Crippen LogP contribution in [-0.4, -0.2) is 11.2 Å². The Morgan fingerprint density at radius 1 is 1.25 bits per heavy atom. The first-order valence-corrected chi connectivity index (χ1v) is 7.87. The number of thiophene rings is 1. The quantitative estimate of drug-likeness (QED) is 0.570. The molecule has 0 fully saturated rings. The predicted octanol–water partition coefficient (Wildman–Crippen LogP) is 4.53. The largest absolute Gasteiger partial charge is 0.453 e. The van der Waals surface area contributed by atoms with E-state index in [2.05, 4.69) is 4.98 Å². The van der Waals surface area contributed by atoms with Gasteiger partial charge in [0.05, 0.1) is 14.4 Å². The van der Waals surface area contributed by atoms with E-state index in [9.17, 15) is 4.39 Å². The van der Waals surface area contributed by atoms with E-state index >= 15 is 0 Å². The summed E-state index contributed by atoms with van der Waals surface area (Å²) < 4.78 is 21.5. The van der Waals surface area contributed by atoms with Crippen LogP contribution in [0.1, 0.15) is 0 Å². The second-order valence-electron chi connectivity index (χ2n) is 4.08. The van der Waals surface area contributed by atoms with Gasteiger partial charge >= 0.3 is 0 Å². The normalized spacial score (nSPS) is 10.9. The third-order valence-corrected chi connectivity index (χ3v) is 4.93. The van der Waals surface area contributed by atoms with Crippen LogP contribution in [0.15, 0.2) is 40.7 Å². The molecule has 0 aliphatic carbocycles. The van der Waals surface area contributed by atoms with Crippen LogP contribution in [0.4, 0.5) is 10.1 Å². The molecule has 3 aromatic rings. The van der Waals surface area contributed by atoms with Crippen molar-refractivity contribution in [3.05, 3.63) is 42.3 Å². The fraction of sp³-hybridized carbons (Fsp3) is 0.0714. The number of hydrogen-bond donors (Lipinski definition) is 1. The lowest BCUT2D eigenvalue weighted by Gasteiger charge is -2.07. The van der Waals surface area contributed by atoms with Gasteiger partial charge in [0, 0.05) is 24.0 Å². The summed E-state index contributed by atoms with van der Waals surface area (Å²) in [5, 5.41) is 0. The summed E-state index contributed by atoms with van der Waals surface area (Å²) in [5.41, 5.74) is 6.75. The van der Waals surface area contributed by atoms with Crippen LogP contribution in [0.25, 0.3) is 10.2 Å². The molecule has 0 aliphatic rings. The molecular weight excluding hydrogens is 295 g/mol. The van der Waals surface area contributed by atoms with E-state index in [1.807, 2.05) is 12.3 Å². The van der Waals surface area contributed by atoms with Gasteiger partial charge in [-0.3, -0.25) is 4.98 Å². The molecule has 2 aromatic heterocycles. The molecule has 0 bridgehead atoms. The Bertz CT molecular complexity index is 773. The monoisotopic (exact) mass is 306 g/mol. The Balaban J connectivity index is 2.03. The van der Waals surface area contributed by atoms with E-state index in [-0.39, 0.29) is 5.75 Å². The molecule has 0 saturated heterocycles. The lowest BCUT2D eigenvalue weighted by Crippen LogP contribution is -1.91. The summed E-state index contributed by atoms with van der Waals surface area (Å²) in [6, 6.07) is 8.11. The Morgan fingerprint density at radius 3 is 2.85 bits per heavy atom. The number of aromatic nitrogens is 1. The molecule has 0 saturated carbocycles. The van der Waals surface area contributed by atoms with Gasteiger partial charge in [0.1, 0.15) is 5.75 Å². The van der Waals surface area contributed by atoms with Gasteiger partial charge in [0.15, 0.2) is 11.6 Å². The van der Waals surface area contributed by atoms with Crippen LogP contribution in [0.5, 0.6) is 11.5 Å². The van der Waals surface area contributed by atoms with Gasteiger partial charge in [-0.05, 0) is 24.5 Å². The van der Waals surface area contributed by atoms with Crippen molar-refractivity contribution in [1.29, 1.82) is 0 Å². The van der Waals surface area contributed by atoms with Crippen molar-refractivity contribution >= 4 is 39.0 Å². The van der Waals surface area contributed by atoms with Crippen molar-refractivity contribution < 1.29 is 9.13 Å². The lowest BCUT2D eigenvalue weighted by atomic mass is 10.3. The number of ether oxygens (including phenoxy) is 1. The van der Waals surface area contributed by atoms with Gasteiger partial charge in [-0.1, -0.05) is 0 Å². The number of thioether (sulfide) groups is 1. The van der Waals surface area contributed by atoms with E-state index in [0.29, 0.717) is 11.4 Å². The topological polar surface area (TPSA) is 48.1 Å². The number of hydrogen-bond acceptors (Lipinski definition) is 5. The van der Waals surface area contributed by atoms with E-state index in [1.165, 1.54) is 12.1 Å². The molecule has 0 amide bonds. The number of benzene rings is 1. The number of halogens is 1. The predicted molar refractivity (Wildman–Crippen MR) is 82.3 cm³/mol. The highest BCUT2D eigenvalue weighted by Gasteiger charge is 2.11. The first kappa shape index (κ1) is 13.2. The SMILES string of the molecule is CSc1cc2nccc(Oc3ccc(N)cc3F)c2s1. The van der Waals surface area contributed by atoms with Crippen molar-refractivity contribution in [2.45, 2.75) is 4.21 Å². The fourth-order valence-corrected chi connectivity index (χ4v) is 3.40. The zero-order valence-electron chi connectivity index (χ0n) is 10.6. The molecule has 0 aliphatic heterocycles. The second kappa shape index (κ2) is 5.30. The highest BCUT2D eigenvalue weighted by molar-refractivity contribution is 8.00. The number of rotatable bonds is 3. The highest BCUT2D eigenvalue weighted by Crippen LogP contribution is 2.38. The zero-order valence-corrected chi connectivity index (χ0v) is 12.2. The maximum absolute atomic E-state index is 13.8. The van der Waals surface area contributed by atoms with E-state index in [0.717, 1.165) is 14.4 Å². The molecule has 20 heavy (non-hydrogen) atoms. The van der Waals surface area contributed by atoms with E-state index in [4.69, 9.17) is 10.5 Å². The Kier molecular flexibility index (Phi) is 3.50. The van der Waals surface area contributed by atoms with Crippen LogP contribution >= 0.6 is 23.1 Å². The summed E-state index contributed by atoms with van der Waals surface area (Å²) in [6.07, 6.45) is 3.66. The first-order valence-electron chi connectivity index (χ1n) is 5.83. The minimum absolute atomic E-state index is 0.158. The molecule has 0 spiro atoms. The summed E-state index contributed by atoms with van der Waals surface area (Å²) in [6.45, 7) is 0. The average Bonchev–Trinajstić information content (AvgIpc) is 2.86. The molecule has 2 N–H and O–H groups in total. The highest BCUT2D eigenvalue weighted by atomic mass is 32.2. The Morgan fingerprint density at radius 2 is 2.10 bits per heavy atom. The Hall–Kier alpha value is -1.79. The van der Waals surface area contributed by atoms with E-state index in [1.54, 1.807) is 41.4 Å². The van der Waals surface area contributed by atoms with Crippen LogP contribution in [0, 0.1) is 5.82 Å². The molecule has 102 valence electrons. The van der Waals surface area contributed by atoms with Crippen molar-refractivity contribution in [3.8, 4) is 11.5 Å². The van der Waals surface area contributed by atoms with Gasteiger partial charge < -0.3 is 10.5 Å². The second-order valence-corrected chi connectivity index (χ2v) is 6.24. The van der Waals surface area contributed by atoms with Crippen molar-refractivity contribution in [1.82, 2.24) is 4.98 Å². The summed E-state index contributed by atoms with van der Waals surface area (Å²) in [5.74, 6) is 0.284. The van der Waals surface area contributed by atoms with Gasteiger partial charge in [0.25, 0.3) is 0 Å². The maximum Gasteiger partial charge on any atom is 0.167 e. The van der Waals surface area contributed by atoms with Crippen LogP contribution < -0.4 is 10.5 Å². The fourth-order valence-electron chi connectivity index (χ4n) is 1.79. The molecule has 1 aromatic carbocycles. The minimum atomic E-state index is -0.475. The van der Waals surface area contributed by atoms with Crippen molar-refractivity contribution in [2.75, 3.05) is 12.0 Å². The lowest BCUT2D eigenvalue weighted by molar-refractivity contribution is 0.447. The van der Waals surface area contributed by atoms with Gasteiger partial charge in [0.2, 0.25) is 0 Å². The maximum atomic E-state index is 13.8. The number of nitrogens with two attached hydrogens (primary N) is 1. The molecule has 3 nitrogen and oxygen atoms in total. The molecule has 3 rings (SSSR count). The van der Waals surface area contributed by atoms with Crippen molar-refractivity contribution in [3.63, 3.8) is 0 Å². The van der Waals surface area contributed by atoms with Gasteiger partial charge in [-0.15, -0.1) is 23.1 Å². The number of fused-ring (bicyclic) bond motifs is 1. The average molecular weight is 306 g/mol. The number of pyridine rings is 1. The number of nitrogens with zero attached hydrogens (tertiary/aromatic N) is 1. The third-order valence-electron chi connectivity index (χ3n) is 2.73. The molecular formula is C14H11FN2OS2. The van der Waals surface area contributed by atoms with Crippen LogP contribution in [0.2, 0.25) is 0 Å². The number of anilines is 1. The third kappa shape index (κ3) is 2.44. The van der Waals surface area contributed by atoms with Gasteiger partial charge in [-0.25, -0.2) is 4.39 Å². The molecule has 0 radical (unpaired) electrons. The molecule has 6 heteroatoms. The number of nitrogen functional groups attached to an aromatic ring is 1. The van der Waals surface area contributed by atoms with Gasteiger partial charge in [-0.2, -0.15) is 0 Å². The van der Waals surface area contributed by atoms with E-state index < -0.39 is 5.82 Å². The molecule has 0 atom stereocenters. The van der Waals surface area contributed by atoms with Crippen LogP contribution in [-0.2, 0) is 0 Å². The standard InChI is InChI=1S/C14H11FN2OS2/c1-19-13-7-10-14(20-13)12(4-5-17-10)18-11-3-2-8(16)6-9(11)15/h2-7H,16H2,1H3. The first-order chi connectivity index (χ1) is 9.67. The van der Waals surface area contributed by atoms with Crippen LogP contribution in [0.3, 0.4) is 0 Å². The summed E-state index contributed by atoms with van der Waals surface area (Å²) in [7, 11) is 0. The van der Waals surface area contributed by atoms with Crippen molar-refractivity contribution in [2.24, 2.45) is 0 Å². The summed E-state index contributed by atoms with van der Waals surface area (Å²) >= 11 is 3.23. The zero-order chi connectivity index (χ0) is 14.1.